The van der Waals surface area contributed by atoms with E-state index in [1.165, 1.54) is 0 Å². The molecule has 0 unspecified atom stereocenters. The normalized spacial score (nSPS) is 25.2. The molecule has 0 N–H and O–H groups in total. The van der Waals surface area contributed by atoms with Crippen LogP contribution in [0.15, 0.2) is 30.3 Å². The van der Waals surface area contributed by atoms with Gasteiger partial charge in [0.1, 0.15) is 12.0 Å². The number of methoxy groups -OCH3 is 1. The van der Waals surface area contributed by atoms with E-state index in [2.05, 4.69) is 0 Å². The van der Waals surface area contributed by atoms with Crippen LogP contribution in [-0.4, -0.2) is 67.6 Å². The summed E-state index contributed by atoms with van der Waals surface area (Å²) in [5.74, 6) is -3.80. The SMILES string of the molecule is COC(=O)[C@@H]1O[C@H](OC(C)=O)[C@H](OC(C)=O)[C@@H](OCc2ccccc2)[C@@H]1OC(=O)CCl. The summed E-state index contributed by atoms with van der Waals surface area (Å²) in [7, 11) is 1.10. The number of esters is 4. The van der Waals surface area contributed by atoms with Crippen LogP contribution in [0.3, 0.4) is 0 Å². The molecule has 10 nitrogen and oxygen atoms in total. The highest BCUT2D eigenvalue weighted by Crippen LogP contribution is 2.31. The highest BCUT2D eigenvalue weighted by molar-refractivity contribution is 6.26. The Hall–Kier alpha value is -2.69. The van der Waals surface area contributed by atoms with Gasteiger partial charge in [0.25, 0.3) is 0 Å². The highest BCUT2D eigenvalue weighted by atomic mass is 35.5. The zero-order valence-electron chi connectivity index (χ0n) is 17.1. The van der Waals surface area contributed by atoms with Crippen molar-refractivity contribution in [3.63, 3.8) is 0 Å². The van der Waals surface area contributed by atoms with Gasteiger partial charge in [0.05, 0.1) is 13.7 Å². The predicted octanol–water partition coefficient (Wildman–Crippen LogP) is 1.12. The lowest BCUT2D eigenvalue weighted by atomic mass is 9.97. The Morgan fingerprint density at radius 2 is 1.58 bits per heavy atom. The van der Waals surface area contributed by atoms with Gasteiger partial charge < -0.3 is 28.4 Å². The molecule has 1 fully saturated rings. The summed E-state index contributed by atoms with van der Waals surface area (Å²) < 4.78 is 31.8. The molecule has 170 valence electrons. The van der Waals surface area contributed by atoms with Crippen molar-refractivity contribution < 1.29 is 47.6 Å². The average molecular weight is 459 g/mol. The third-order valence-corrected chi connectivity index (χ3v) is 4.39. The lowest BCUT2D eigenvalue weighted by molar-refractivity contribution is -0.299. The van der Waals surface area contributed by atoms with E-state index in [-0.39, 0.29) is 6.61 Å². The van der Waals surface area contributed by atoms with Crippen molar-refractivity contribution in [1.82, 2.24) is 0 Å². The molecule has 1 aromatic rings. The number of hydrogen-bond donors (Lipinski definition) is 0. The van der Waals surface area contributed by atoms with Gasteiger partial charge in [0.15, 0.2) is 18.3 Å². The number of carbonyl (C=O) groups excluding carboxylic acids is 4. The van der Waals surface area contributed by atoms with Crippen molar-refractivity contribution in [3.05, 3.63) is 35.9 Å². The Kier molecular flexibility index (Phi) is 9.22. The van der Waals surface area contributed by atoms with Crippen LogP contribution in [0.4, 0.5) is 0 Å². The Morgan fingerprint density at radius 1 is 0.935 bits per heavy atom. The molecular formula is C20H23ClO10. The molecule has 0 bridgehead atoms. The fourth-order valence-corrected chi connectivity index (χ4v) is 3.02. The summed E-state index contributed by atoms with van der Waals surface area (Å²) >= 11 is 5.54. The van der Waals surface area contributed by atoms with Crippen molar-refractivity contribution in [2.45, 2.75) is 51.2 Å². The summed E-state index contributed by atoms with van der Waals surface area (Å²) in [5, 5.41) is 0. The van der Waals surface area contributed by atoms with Crippen molar-refractivity contribution in [2.24, 2.45) is 0 Å². The van der Waals surface area contributed by atoms with Gasteiger partial charge in [-0.1, -0.05) is 30.3 Å². The van der Waals surface area contributed by atoms with E-state index < -0.39 is 60.5 Å². The smallest absolute Gasteiger partial charge is 0.339 e. The van der Waals surface area contributed by atoms with E-state index in [9.17, 15) is 19.2 Å². The second kappa shape index (κ2) is 11.6. The predicted molar refractivity (Wildman–Crippen MR) is 104 cm³/mol. The minimum absolute atomic E-state index is 0.00111. The third-order valence-electron chi connectivity index (χ3n) is 4.17. The maximum atomic E-state index is 12.4. The first-order chi connectivity index (χ1) is 14.8. The van der Waals surface area contributed by atoms with Gasteiger partial charge in [-0.05, 0) is 5.56 Å². The lowest BCUT2D eigenvalue weighted by Crippen LogP contribution is -2.63. The zero-order chi connectivity index (χ0) is 23.0. The first-order valence-corrected chi connectivity index (χ1v) is 9.79. The van der Waals surface area contributed by atoms with Crippen LogP contribution in [0.1, 0.15) is 19.4 Å². The van der Waals surface area contributed by atoms with Gasteiger partial charge in [0.2, 0.25) is 6.29 Å². The van der Waals surface area contributed by atoms with Crippen LogP contribution >= 0.6 is 11.6 Å². The number of benzene rings is 1. The van der Waals surface area contributed by atoms with Crippen molar-refractivity contribution in [3.8, 4) is 0 Å². The summed E-state index contributed by atoms with van der Waals surface area (Å²) in [6.45, 7) is 2.24. The first-order valence-electron chi connectivity index (χ1n) is 9.25. The fraction of sp³-hybridized carbons (Fsp3) is 0.500. The molecule has 0 aromatic heterocycles. The molecule has 0 aliphatic carbocycles. The molecule has 5 atom stereocenters. The number of halogens is 1. The van der Waals surface area contributed by atoms with E-state index >= 15 is 0 Å². The Balaban J connectivity index is 2.44. The maximum absolute atomic E-state index is 12.4. The number of carbonyl (C=O) groups is 4. The van der Waals surface area contributed by atoms with E-state index in [0.717, 1.165) is 26.5 Å². The van der Waals surface area contributed by atoms with E-state index in [1.54, 1.807) is 24.3 Å². The van der Waals surface area contributed by atoms with Crippen LogP contribution in [0.5, 0.6) is 0 Å². The molecule has 2 rings (SSSR count). The summed E-state index contributed by atoms with van der Waals surface area (Å²) in [6, 6.07) is 8.95. The number of ether oxygens (including phenoxy) is 6. The number of hydrogen-bond acceptors (Lipinski definition) is 10. The molecule has 1 saturated heterocycles. The Morgan fingerprint density at radius 3 is 2.13 bits per heavy atom. The quantitative estimate of drug-likeness (QED) is 0.318. The molecule has 1 aromatic carbocycles. The zero-order valence-corrected chi connectivity index (χ0v) is 17.9. The van der Waals surface area contributed by atoms with Gasteiger partial charge in [0, 0.05) is 13.8 Å². The fourth-order valence-electron chi connectivity index (χ4n) is 2.96. The molecule has 1 heterocycles. The van der Waals surface area contributed by atoms with Crippen LogP contribution in [0.2, 0.25) is 0 Å². The first kappa shape index (κ1) is 24.6. The van der Waals surface area contributed by atoms with Gasteiger partial charge >= 0.3 is 23.9 Å². The largest absolute Gasteiger partial charge is 0.467 e. The minimum atomic E-state index is -1.53. The molecule has 0 saturated carbocycles. The lowest BCUT2D eigenvalue weighted by Gasteiger charge is -2.43. The molecular weight excluding hydrogens is 436 g/mol. The maximum Gasteiger partial charge on any atom is 0.339 e. The van der Waals surface area contributed by atoms with Gasteiger partial charge in [-0.15, -0.1) is 11.6 Å². The molecule has 1 aliphatic heterocycles. The van der Waals surface area contributed by atoms with Crippen molar-refractivity contribution in [2.75, 3.05) is 13.0 Å². The van der Waals surface area contributed by atoms with Gasteiger partial charge in [-0.3, -0.25) is 14.4 Å². The number of rotatable bonds is 8. The van der Waals surface area contributed by atoms with E-state index in [1.807, 2.05) is 6.07 Å². The van der Waals surface area contributed by atoms with E-state index in [0.29, 0.717) is 0 Å². The second-order valence-corrected chi connectivity index (χ2v) is 6.75. The van der Waals surface area contributed by atoms with Gasteiger partial charge in [-0.25, -0.2) is 4.79 Å². The van der Waals surface area contributed by atoms with Gasteiger partial charge in [-0.2, -0.15) is 0 Å². The Labute approximate surface area is 183 Å². The van der Waals surface area contributed by atoms with Crippen molar-refractivity contribution in [1.29, 1.82) is 0 Å². The second-order valence-electron chi connectivity index (χ2n) is 6.48. The summed E-state index contributed by atoms with van der Waals surface area (Å²) in [5.41, 5.74) is 0.747. The molecule has 11 heteroatoms. The topological polar surface area (TPSA) is 124 Å². The van der Waals surface area contributed by atoms with Crippen LogP contribution < -0.4 is 0 Å². The molecule has 0 radical (unpaired) electrons. The standard InChI is InChI=1S/C20H23ClO10/c1-11(22)28-18-15(27-10-13-7-5-4-6-8-13)16(30-14(24)9-21)17(19(25)26-3)31-20(18)29-12(2)23/h4-8,15-18,20H,9-10H2,1-3H3/t15-,16-,17+,18+,20-/m0/s1. The average Bonchev–Trinajstić information content (AvgIpc) is 2.74. The minimum Gasteiger partial charge on any atom is -0.467 e. The van der Waals surface area contributed by atoms with Crippen LogP contribution in [0, 0.1) is 0 Å². The molecule has 1 aliphatic rings. The van der Waals surface area contributed by atoms with Crippen LogP contribution in [0.25, 0.3) is 0 Å². The van der Waals surface area contributed by atoms with Crippen LogP contribution in [-0.2, 0) is 54.2 Å². The summed E-state index contributed by atoms with van der Waals surface area (Å²) in [4.78, 5) is 47.6. The molecule has 0 amide bonds. The Bertz CT molecular complexity index is 783. The van der Waals surface area contributed by atoms with E-state index in [4.69, 9.17) is 40.0 Å². The van der Waals surface area contributed by atoms with Crippen molar-refractivity contribution >= 4 is 35.5 Å². The highest BCUT2D eigenvalue weighted by Gasteiger charge is 2.55. The molecule has 31 heavy (non-hydrogen) atoms. The molecule has 0 spiro atoms. The summed E-state index contributed by atoms with van der Waals surface area (Å²) in [6.07, 6.45) is -7.05. The monoisotopic (exact) mass is 458 g/mol. The number of alkyl halides is 1. The third kappa shape index (κ3) is 6.91.